The zero-order valence-corrected chi connectivity index (χ0v) is 12.8. The largest absolute Gasteiger partial charge is 0.392 e. The standard InChI is InChI=1S/C16H27FN2O/c1-4-10-18-16(9-11-19(3)12-13(2)20)14-7-5-6-8-15(14)17/h5-8,13,16,18,20H,4,9-12H2,1-3H3. The molecule has 0 saturated carbocycles. The fourth-order valence-corrected chi connectivity index (χ4v) is 2.34. The van der Waals surface area contributed by atoms with E-state index in [0.717, 1.165) is 31.5 Å². The number of aliphatic hydroxyl groups is 1. The lowest BCUT2D eigenvalue weighted by molar-refractivity contribution is 0.138. The van der Waals surface area contributed by atoms with Gasteiger partial charge in [0, 0.05) is 18.2 Å². The van der Waals surface area contributed by atoms with Gasteiger partial charge in [0.1, 0.15) is 5.82 Å². The van der Waals surface area contributed by atoms with Crippen LogP contribution < -0.4 is 5.32 Å². The first-order valence-corrected chi connectivity index (χ1v) is 7.39. The average Bonchev–Trinajstić information content (AvgIpc) is 2.39. The first-order valence-electron chi connectivity index (χ1n) is 7.39. The Balaban J connectivity index is 2.63. The van der Waals surface area contributed by atoms with E-state index in [1.54, 1.807) is 13.0 Å². The van der Waals surface area contributed by atoms with Gasteiger partial charge in [-0.1, -0.05) is 25.1 Å². The lowest BCUT2D eigenvalue weighted by atomic mass is 10.0. The van der Waals surface area contributed by atoms with Crippen molar-refractivity contribution >= 4 is 0 Å². The number of nitrogens with zero attached hydrogens (tertiary/aromatic N) is 1. The van der Waals surface area contributed by atoms with E-state index in [2.05, 4.69) is 17.1 Å². The molecule has 0 saturated heterocycles. The summed E-state index contributed by atoms with van der Waals surface area (Å²) in [6.45, 7) is 6.21. The predicted octanol–water partition coefficient (Wildman–Crippen LogP) is 2.57. The summed E-state index contributed by atoms with van der Waals surface area (Å²) in [6, 6.07) is 6.97. The van der Waals surface area contributed by atoms with Crippen LogP contribution in [0.3, 0.4) is 0 Å². The molecule has 0 radical (unpaired) electrons. The van der Waals surface area contributed by atoms with Gasteiger partial charge in [-0.05, 0) is 46.0 Å². The number of hydrogen-bond acceptors (Lipinski definition) is 3. The summed E-state index contributed by atoms with van der Waals surface area (Å²) >= 11 is 0. The summed E-state index contributed by atoms with van der Waals surface area (Å²) in [6.07, 6.45) is 1.51. The zero-order chi connectivity index (χ0) is 15.0. The Labute approximate surface area is 121 Å². The maximum Gasteiger partial charge on any atom is 0.127 e. The Bertz CT molecular complexity index is 384. The Hall–Kier alpha value is -0.970. The fraction of sp³-hybridized carbons (Fsp3) is 0.625. The van der Waals surface area contributed by atoms with E-state index in [9.17, 15) is 9.50 Å². The minimum atomic E-state index is -0.337. The number of likely N-dealkylation sites (N-methyl/N-ethyl adjacent to an activating group) is 1. The minimum absolute atomic E-state index is 0.0209. The van der Waals surface area contributed by atoms with Crippen molar-refractivity contribution in [1.29, 1.82) is 0 Å². The molecule has 0 aliphatic rings. The van der Waals surface area contributed by atoms with E-state index in [4.69, 9.17) is 0 Å². The number of rotatable bonds is 9. The highest BCUT2D eigenvalue weighted by atomic mass is 19.1. The van der Waals surface area contributed by atoms with Gasteiger partial charge in [-0.25, -0.2) is 4.39 Å². The van der Waals surface area contributed by atoms with Gasteiger partial charge in [0.2, 0.25) is 0 Å². The molecule has 0 amide bonds. The number of hydrogen-bond donors (Lipinski definition) is 2. The maximum absolute atomic E-state index is 13.9. The molecule has 3 nitrogen and oxygen atoms in total. The molecular weight excluding hydrogens is 255 g/mol. The third kappa shape index (κ3) is 5.99. The fourth-order valence-electron chi connectivity index (χ4n) is 2.34. The smallest absolute Gasteiger partial charge is 0.127 e. The van der Waals surface area contributed by atoms with Crippen LogP contribution in [0.25, 0.3) is 0 Å². The normalized spacial score (nSPS) is 14.5. The van der Waals surface area contributed by atoms with Crippen LogP contribution in [0.5, 0.6) is 0 Å². The van der Waals surface area contributed by atoms with E-state index >= 15 is 0 Å². The van der Waals surface area contributed by atoms with Crippen molar-refractivity contribution < 1.29 is 9.50 Å². The SMILES string of the molecule is CCCNC(CCN(C)CC(C)O)c1ccccc1F. The molecule has 0 fully saturated rings. The van der Waals surface area contributed by atoms with Crippen LogP contribution in [0.15, 0.2) is 24.3 Å². The van der Waals surface area contributed by atoms with Gasteiger partial charge in [-0.2, -0.15) is 0 Å². The van der Waals surface area contributed by atoms with Gasteiger partial charge < -0.3 is 15.3 Å². The van der Waals surface area contributed by atoms with Crippen molar-refractivity contribution in [3.8, 4) is 0 Å². The van der Waals surface area contributed by atoms with Crippen molar-refractivity contribution in [2.75, 3.05) is 26.7 Å². The third-order valence-corrected chi connectivity index (χ3v) is 3.30. The Morgan fingerprint density at radius 3 is 2.65 bits per heavy atom. The van der Waals surface area contributed by atoms with Crippen molar-refractivity contribution in [1.82, 2.24) is 10.2 Å². The summed E-state index contributed by atoms with van der Waals surface area (Å²) < 4.78 is 13.9. The average molecular weight is 282 g/mol. The van der Waals surface area contributed by atoms with Gasteiger partial charge >= 0.3 is 0 Å². The lowest BCUT2D eigenvalue weighted by Gasteiger charge is -2.24. The van der Waals surface area contributed by atoms with Crippen LogP contribution in [0.4, 0.5) is 4.39 Å². The van der Waals surface area contributed by atoms with Gasteiger partial charge in [0.25, 0.3) is 0 Å². The van der Waals surface area contributed by atoms with Gasteiger partial charge in [-0.3, -0.25) is 0 Å². The molecule has 2 atom stereocenters. The maximum atomic E-state index is 13.9. The molecule has 0 bridgehead atoms. The Morgan fingerprint density at radius 2 is 2.05 bits per heavy atom. The van der Waals surface area contributed by atoms with E-state index < -0.39 is 0 Å². The minimum Gasteiger partial charge on any atom is -0.392 e. The monoisotopic (exact) mass is 282 g/mol. The number of nitrogens with one attached hydrogen (secondary N) is 1. The summed E-state index contributed by atoms with van der Waals surface area (Å²) in [7, 11) is 1.98. The van der Waals surface area contributed by atoms with Crippen LogP contribution in [-0.4, -0.2) is 42.8 Å². The summed E-state index contributed by atoms with van der Waals surface area (Å²) in [5.74, 6) is -0.153. The Kier molecular flexibility index (Phi) is 7.73. The highest BCUT2D eigenvalue weighted by Gasteiger charge is 2.15. The van der Waals surface area contributed by atoms with Crippen LogP contribution in [0.1, 0.15) is 38.3 Å². The van der Waals surface area contributed by atoms with Gasteiger partial charge in [0.15, 0.2) is 0 Å². The molecule has 1 aromatic carbocycles. The van der Waals surface area contributed by atoms with E-state index in [1.165, 1.54) is 6.07 Å². The summed E-state index contributed by atoms with van der Waals surface area (Å²) in [5.41, 5.74) is 0.728. The zero-order valence-electron chi connectivity index (χ0n) is 12.8. The van der Waals surface area contributed by atoms with Crippen LogP contribution >= 0.6 is 0 Å². The molecule has 2 unspecified atom stereocenters. The van der Waals surface area contributed by atoms with Crippen molar-refractivity contribution in [3.05, 3.63) is 35.6 Å². The molecular formula is C16H27FN2O. The molecule has 1 rings (SSSR count). The lowest BCUT2D eigenvalue weighted by Crippen LogP contribution is -2.32. The molecule has 0 heterocycles. The van der Waals surface area contributed by atoms with Crippen molar-refractivity contribution in [2.24, 2.45) is 0 Å². The van der Waals surface area contributed by atoms with E-state index in [-0.39, 0.29) is 18.0 Å². The second-order valence-electron chi connectivity index (χ2n) is 5.43. The molecule has 2 N–H and O–H groups in total. The van der Waals surface area contributed by atoms with E-state index in [0.29, 0.717) is 6.54 Å². The van der Waals surface area contributed by atoms with Crippen molar-refractivity contribution in [3.63, 3.8) is 0 Å². The summed E-state index contributed by atoms with van der Waals surface area (Å²) in [5, 5.41) is 12.8. The van der Waals surface area contributed by atoms with Crippen LogP contribution in [0, 0.1) is 5.82 Å². The molecule has 0 aromatic heterocycles. The second-order valence-corrected chi connectivity index (χ2v) is 5.43. The van der Waals surface area contributed by atoms with Crippen molar-refractivity contribution in [2.45, 2.75) is 38.8 Å². The first kappa shape index (κ1) is 17.1. The van der Waals surface area contributed by atoms with Crippen LogP contribution in [0.2, 0.25) is 0 Å². The molecule has 4 heteroatoms. The molecule has 114 valence electrons. The second kappa shape index (κ2) is 9.06. The molecule has 0 aliphatic heterocycles. The van der Waals surface area contributed by atoms with E-state index in [1.807, 2.05) is 19.2 Å². The first-order chi connectivity index (χ1) is 9.54. The summed E-state index contributed by atoms with van der Waals surface area (Å²) in [4.78, 5) is 2.08. The quantitative estimate of drug-likeness (QED) is 0.731. The molecule has 0 aliphatic carbocycles. The molecule has 20 heavy (non-hydrogen) atoms. The number of halogens is 1. The topological polar surface area (TPSA) is 35.5 Å². The van der Waals surface area contributed by atoms with Gasteiger partial charge in [0.05, 0.1) is 6.10 Å². The number of benzene rings is 1. The Morgan fingerprint density at radius 1 is 1.35 bits per heavy atom. The molecule has 1 aromatic rings. The highest BCUT2D eigenvalue weighted by Crippen LogP contribution is 2.20. The van der Waals surface area contributed by atoms with Crippen LogP contribution in [-0.2, 0) is 0 Å². The predicted molar refractivity (Wildman–Crippen MR) is 81.2 cm³/mol. The highest BCUT2D eigenvalue weighted by molar-refractivity contribution is 5.21. The third-order valence-electron chi connectivity index (χ3n) is 3.30. The number of aliphatic hydroxyl groups excluding tert-OH is 1. The molecule has 0 spiro atoms. The van der Waals surface area contributed by atoms with Gasteiger partial charge in [-0.15, -0.1) is 0 Å².